The van der Waals surface area contributed by atoms with Crippen molar-refractivity contribution >= 4 is 22.4 Å². The molecular weight excluding hydrogens is 332 g/mol. The third kappa shape index (κ3) is 3.44. The number of carbonyl (C=O) groups excluding carboxylic acids is 1. The predicted molar refractivity (Wildman–Crippen MR) is 98.0 cm³/mol. The van der Waals surface area contributed by atoms with Crippen LogP contribution in [0.15, 0.2) is 42.6 Å². The molecule has 1 aliphatic rings. The van der Waals surface area contributed by atoms with Crippen molar-refractivity contribution in [3.05, 3.63) is 70.2 Å². The van der Waals surface area contributed by atoms with E-state index >= 15 is 0 Å². The van der Waals surface area contributed by atoms with Crippen molar-refractivity contribution in [1.29, 1.82) is 0 Å². The molecule has 5 nitrogen and oxygen atoms in total. The van der Waals surface area contributed by atoms with Gasteiger partial charge in [0.2, 0.25) is 0 Å². The minimum absolute atomic E-state index is 0.240. The first-order chi connectivity index (χ1) is 12.2. The Hall–Kier alpha value is -2.60. The lowest BCUT2D eigenvalue weighted by molar-refractivity contribution is 0.102. The van der Waals surface area contributed by atoms with Gasteiger partial charge in [0, 0.05) is 11.1 Å². The van der Waals surface area contributed by atoms with Crippen molar-refractivity contribution in [3.63, 3.8) is 0 Å². The number of aromatic nitrogens is 3. The van der Waals surface area contributed by atoms with Crippen LogP contribution in [-0.2, 0) is 12.8 Å². The molecule has 1 amide bonds. The number of amides is 1. The van der Waals surface area contributed by atoms with Gasteiger partial charge in [0.05, 0.1) is 5.69 Å². The number of hydrogen-bond acceptors (Lipinski definition) is 5. The van der Waals surface area contributed by atoms with Crippen molar-refractivity contribution in [2.75, 3.05) is 5.32 Å². The Morgan fingerprint density at radius 2 is 2.04 bits per heavy atom. The second kappa shape index (κ2) is 6.72. The SMILES string of the molecule is Cc1nccc(C(=O)Nc2nc3c(s2)C[C@@H](c2ccccc2)CC3)n1. The monoisotopic (exact) mass is 350 g/mol. The Morgan fingerprint density at radius 1 is 1.20 bits per heavy atom. The van der Waals surface area contributed by atoms with E-state index in [2.05, 4.69) is 44.5 Å². The largest absolute Gasteiger partial charge is 0.296 e. The van der Waals surface area contributed by atoms with Gasteiger partial charge in [-0.1, -0.05) is 30.3 Å². The molecule has 0 fully saturated rings. The van der Waals surface area contributed by atoms with E-state index in [1.807, 2.05) is 6.07 Å². The molecule has 3 aromatic rings. The molecule has 0 aliphatic heterocycles. The molecule has 4 rings (SSSR count). The molecule has 0 radical (unpaired) electrons. The molecule has 0 unspecified atom stereocenters. The Bertz CT molecular complexity index is 907. The summed E-state index contributed by atoms with van der Waals surface area (Å²) in [5, 5.41) is 3.53. The third-order valence-electron chi connectivity index (χ3n) is 4.44. The van der Waals surface area contributed by atoms with E-state index in [0.29, 0.717) is 22.6 Å². The third-order valence-corrected chi connectivity index (χ3v) is 5.48. The van der Waals surface area contributed by atoms with Gasteiger partial charge in [-0.05, 0) is 43.7 Å². The molecule has 0 saturated carbocycles. The number of aryl methyl sites for hydroxylation is 2. The van der Waals surface area contributed by atoms with Crippen LogP contribution >= 0.6 is 11.3 Å². The minimum Gasteiger partial charge on any atom is -0.296 e. The topological polar surface area (TPSA) is 67.8 Å². The second-order valence-electron chi connectivity index (χ2n) is 6.18. The highest BCUT2D eigenvalue weighted by Gasteiger charge is 2.24. The summed E-state index contributed by atoms with van der Waals surface area (Å²) in [5.74, 6) is 0.871. The van der Waals surface area contributed by atoms with Crippen LogP contribution < -0.4 is 5.32 Å². The van der Waals surface area contributed by atoms with E-state index in [0.717, 1.165) is 25.0 Å². The summed E-state index contributed by atoms with van der Waals surface area (Å²) in [6.45, 7) is 1.77. The van der Waals surface area contributed by atoms with E-state index in [-0.39, 0.29) is 5.91 Å². The van der Waals surface area contributed by atoms with Crippen LogP contribution in [0.4, 0.5) is 5.13 Å². The van der Waals surface area contributed by atoms with Gasteiger partial charge in [-0.15, -0.1) is 11.3 Å². The number of thiazole rings is 1. The van der Waals surface area contributed by atoms with Crippen LogP contribution in [0, 0.1) is 6.92 Å². The highest BCUT2D eigenvalue weighted by Crippen LogP contribution is 2.36. The molecule has 126 valence electrons. The quantitative estimate of drug-likeness (QED) is 0.781. The normalized spacial score (nSPS) is 16.3. The molecule has 2 aromatic heterocycles. The Kier molecular flexibility index (Phi) is 4.28. The van der Waals surface area contributed by atoms with Crippen molar-refractivity contribution in [1.82, 2.24) is 15.0 Å². The lowest BCUT2D eigenvalue weighted by Gasteiger charge is -2.21. The zero-order valence-electron chi connectivity index (χ0n) is 13.9. The first-order valence-electron chi connectivity index (χ1n) is 8.33. The van der Waals surface area contributed by atoms with Gasteiger partial charge in [-0.3, -0.25) is 10.1 Å². The zero-order chi connectivity index (χ0) is 17.2. The van der Waals surface area contributed by atoms with Crippen molar-refractivity contribution in [2.24, 2.45) is 0 Å². The highest BCUT2D eigenvalue weighted by atomic mass is 32.1. The smallest absolute Gasteiger partial charge is 0.276 e. The van der Waals surface area contributed by atoms with Crippen molar-refractivity contribution in [3.8, 4) is 0 Å². The van der Waals surface area contributed by atoms with Crippen LogP contribution in [0.25, 0.3) is 0 Å². The zero-order valence-corrected chi connectivity index (χ0v) is 14.7. The van der Waals surface area contributed by atoms with Gasteiger partial charge in [0.25, 0.3) is 5.91 Å². The van der Waals surface area contributed by atoms with E-state index in [9.17, 15) is 4.79 Å². The highest BCUT2D eigenvalue weighted by molar-refractivity contribution is 7.15. The van der Waals surface area contributed by atoms with Crippen LogP contribution in [0.3, 0.4) is 0 Å². The molecule has 1 atom stereocenters. The summed E-state index contributed by atoms with van der Waals surface area (Å²) >= 11 is 1.57. The maximum atomic E-state index is 12.3. The Morgan fingerprint density at radius 3 is 2.84 bits per heavy atom. The van der Waals surface area contributed by atoms with Gasteiger partial charge in [0.1, 0.15) is 11.5 Å². The van der Waals surface area contributed by atoms with Crippen molar-refractivity contribution in [2.45, 2.75) is 32.1 Å². The molecule has 6 heteroatoms. The van der Waals surface area contributed by atoms with Crippen molar-refractivity contribution < 1.29 is 4.79 Å². The molecule has 1 aromatic carbocycles. The number of nitrogens with one attached hydrogen (secondary N) is 1. The number of benzene rings is 1. The maximum Gasteiger partial charge on any atom is 0.276 e. The number of nitrogens with zero attached hydrogens (tertiary/aromatic N) is 3. The predicted octanol–water partition coefficient (Wildman–Crippen LogP) is 3.77. The number of anilines is 1. The molecule has 25 heavy (non-hydrogen) atoms. The van der Waals surface area contributed by atoms with Gasteiger partial charge < -0.3 is 0 Å². The van der Waals surface area contributed by atoms with E-state index in [1.54, 1.807) is 30.5 Å². The number of rotatable bonds is 3. The summed E-state index contributed by atoms with van der Waals surface area (Å²) in [6.07, 6.45) is 4.63. The van der Waals surface area contributed by atoms with Gasteiger partial charge >= 0.3 is 0 Å². The fourth-order valence-electron chi connectivity index (χ4n) is 3.18. The summed E-state index contributed by atoms with van der Waals surface area (Å²) in [6, 6.07) is 12.2. The van der Waals surface area contributed by atoms with Gasteiger partial charge in [0.15, 0.2) is 5.13 Å². The summed E-state index contributed by atoms with van der Waals surface area (Å²) in [4.78, 5) is 26.4. The van der Waals surface area contributed by atoms with E-state index in [1.165, 1.54) is 10.4 Å². The molecular formula is C19H18N4OS. The van der Waals surface area contributed by atoms with Crippen LogP contribution in [0.1, 0.15) is 44.8 Å². The first-order valence-corrected chi connectivity index (χ1v) is 9.15. The lowest BCUT2D eigenvalue weighted by atomic mass is 9.85. The fraction of sp³-hybridized carbons (Fsp3) is 0.263. The second-order valence-corrected chi connectivity index (χ2v) is 7.27. The van der Waals surface area contributed by atoms with Crippen LogP contribution in [0.5, 0.6) is 0 Å². The first kappa shape index (κ1) is 15.9. The number of hydrogen-bond donors (Lipinski definition) is 1. The maximum absolute atomic E-state index is 12.3. The van der Waals surface area contributed by atoms with Gasteiger partial charge in [-0.2, -0.15) is 0 Å². The Labute approximate surface area is 150 Å². The molecule has 1 N–H and O–H groups in total. The van der Waals surface area contributed by atoms with Crippen LogP contribution in [-0.4, -0.2) is 20.9 Å². The van der Waals surface area contributed by atoms with Crippen LogP contribution in [0.2, 0.25) is 0 Å². The molecule has 0 spiro atoms. The fourth-order valence-corrected chi connectivity index (χ4v) is 4.26. The van der Waals surface area contributed by atoms with Gasteiger partial charge in [-0.25, -0.2) is 15.0 Å². The number of carbonyl (C=O) groups is 1. The lowest BCUT2D eigenvalue weighted by Crippen LogP contribution is -2.14. The summed E-state index contributed by atoms with van der Waals surface area (Å²) in [5.41, 5.74) is 2.86. The molecule has 0 saturated heterocycles. The average molecular weight is 350 g/mol. The molecule has 2 heterocycles. The average Bonchev–Trinajstić information content (AvgIpc) is 3.03. The summed E-state index contributed by atoms with van der Waals surface area (Å²) in [7, 11) is 0. The van der Waals surface area contributed by atoms with E-state index < -0.39 is 0 Å². The summed E-state index contributed by atoms with van der Waals surface area (Å²) < 4.78 is 0. The molecule has 0 bridgehead atoms. The minimum atomic E-state index is -0.240. The standard InChI is InChI=1S/C19H18N4OS/c1-12-20-10-9-16(21-12)18(24)23-19-22-15-8-7-14(11-17(15)25-19)13-5-3-2-4-6-13/h2-6,9-10,14H,7-8,11H2,1H3,(H,22,23,24)/t14-/m0/s1. The number of fused-ring (bicyclic) bond motifs is 1. The van der Waals surface area contributed by atoms with E-state index in [4.69, 9.17) is 0 Å². The molecule has 1 aliphatic carbocycles. The Balaban J connectivity index is 1.50.